The van der Waals surface area contributed by atoms with E-state index in [4.69, 9.17) is 14.8 Å². The van der Waals surface area contributed by atoms with Gasteiger partial charge in [-0.3, -0.25) is 13.7 Å². The highest BCUT2D eigenvalue weighted by Crippen LogP contribution is 2.35. The molecule has 23 heavy (non-hydrogen) atoms. The average molecular weight is 383 g/mol. The first-order valence-electron chi connectivity index (χ1n) is 5.51. The Labute approximate surface area is 130 Å². The lowest BCUT2D eigenvalue weighted by Crippen LogP contribution is -2.11. The van der Waals surface area contributed by atoms with Crippen LogP contribution in [0.15, 0.2) is 39.0 Å². The van der Waals surface area contributed by atoms with Gasteiger partial charge in [0, 0.05) is 5.39 Å². The molecule has 0 spiro atoms. The molecule has 0 saturated carbocycles. The van der Waals surface area contributed by atoms with Gasteiger partial charge in [-0.05, 0) is 23.6 Å². The average Bonchev–Trinajstić information content (AvgIpc) is 2.33. The predicted octanol–water partition coefficient (Wildman–Crippen LogP) is 0.162. The summed E-state index contributed by atoms with van der Waals surface area (Å²) in [6.07, 6.45) is 0. The third-order valence-corrected chi connectivity index (χ3v) is 5.60. The van der Waals surface area contributed by atoms with Crippen molar-refractivity contribution in [3.63, 3.8) is 0 Å². The van der Waals surface area contributed by atoms with E-state index in [1.165, 1.54) is 0 Å². The Morgan fingerprint density at radius 1 is 0.783 bits per heavy atom. The zero-order valence-corrected chi connectivity index (χ0v) is 13.4. The Bertz CT molecular complexity index is 1130. The number of hydrogen-bond donors (Lipinski definition) is 4. The predicted molar refractivity (Wildman–Crippen MR) is 77.8 cm³/mol. The molecule has 2 aromatic carbocycles. The highest BCUT2D eigenvalue weighted by atomic mass is 32.2. The summed E-state index contributed by atoms with van der Waals surface area (Å²) in [7, 11) is -14.7. The van der Waals surface area contributed by atoms with Gasteiger partial charge in [-0.1, -0.05) is 6.07 Å². The third kappa shape index (κ3) is 3.29. The summed E-state index contributed by atoms with van der Waals surface area (Å²) < 4.78 is 95.1. The van der Waals surface area contributed by atoms with Crippen molar-refractivity contribution in [2.45, 2.75) is 14.7 Å². The molecule has 0 aliphatic heterocycles. The van der Waals surface area contributed by atoms with Crippen LogP contribution in [0.4, 0.5) is 5.69 Å². The smallest absolute Gasteiger partial charge is 0.297 e. The van der Waals surface area contributed by atoms with E-state index in [-0.39, 0.29) is 5.39 Å². The number of hydrogen-bond acceptors (Lipinski definition) is 7. The SMILES string of the molecule is Nc1c(S(=O)(=O)O)cc2ccc(S(=O)(=O)O)cc2c1S(=O)(=O)O. The molecule has 0 fully saturated rings. The summed E-state index contributed by atoms with van der Waals surface area (Å²) in [6, 6.07) is 3.33. The Morgan fingerprint density at radius 2 is 1.35 bits per heavy atom. The van der Waals surface area contributed by atoms with E-state index in [0.29, 0.717) is 6.07 Å². The van der Waals surface area contributed by atoms with E-state index in [0.717, 1.165) is 18.2 Å². The topological polar surface area (TPSA) is 189 Å². The molecule has 5 N–H and O–H groups in total. The first kappa shape index (κ1) is 17.6. The molecular formula is C10H9NO9S3. The third-order valence-electron chi connectivity index (χ3n) is 2.90. The summed E-state index contributed by atoms with van der Waals surface area (Å²) >= 11 is 0. The molecule has 0 atom stereocenters. The second-order valence-electron chi connectivity index (χ2n) is 4.43. The number of rotatable bonds is 3. The molecule has 0 aliphatic rings. The lowest BCUT2D eigenvalue weighted by molar-refractivity contribution is 0.479. The van der Waals surface area contributed by atoms with Gasteiger partial charge in [0.15, 0.2) is 0 Å². The van der Waals surface area contributed by atoms with Gasteiger partial charge in [0.1, 0.15) is 9.79 Å². The van der Waals surface area contributed by atoms with Crippen LogP contribution in [0.3, 0.4) is 0 Å². The first-order valence-corrected chi connectivity index (χ1v) is 9.83. The second-order valence-corrected chi connectivity index (χ2v) is 8.60. The van der Waals surface area contributed by atoms with E-state index in [1.807, 2.05) is 0 Å². The lowest BCUT2D eigenvalue weighted by atomic mass is 10.1. The van der Waals surface area contributed by atoms with Gasteiger partial charge in [-0.25, -0.2) is 0 Å². The fourth-order valence-electron chi connectivity index (χ4n) is 1.99. The van der Waals surface area contributed by atoms with E-state index in [9.17, 15) is 29.8 Å². The van der Waals surface area contributed by atoms with Gasteiger partial charge in [-0.15, -0.1) is 0 Å². The normalized spacial score (nSPS) is 13.3. The molecule has 0 aliphatic carbocycles. The monoisotopic (exact) mass is 383 g/mol. The Kier molecular flexibility index (Phi) is 3.91. The summed E-state index contributed by atoms with van der Waals surface area (Å²) in [5, 5.41) is -0.612. The van der Waals surface area contributed by atoms with Gasteiger partial charge in [0.05, 0.1) is 10.6 Å². The molecule has 0 amide bonds. The van der Waals surface area contributed by atoms with Gasteiger partial charge in [0.25, 0.3) is 30.4 Å². The van der Waals surface area contributed by atoms with E-state index >= 15 is 0 Å². The molecule has 2 aromatic rings. The van der Waals surface area contributed by atoms with Gasteiger partial charge < -0.3 is 5.73 Å². The van der Waals surface area contributed by atoms with Crippen molar-refractivity contribution in [2.24, 2.45) is 0 Å². The lowest BCUT2D eigenvalue weighted by Gasteiger charge is -2.12. The molecule has 13 heteroatoms. The Hall–Kier alpha value is -1.77. The number of benzene rings is 2. The molecule has 2 rings (SSSR count). The second kappa shape index (κ2) is 5.12. The van der Waals surface area contributed by atoms with Gasteiger partial charge >= 0.3 is 0 Å². The van der Waals surface area contributed by atoms with Crippen molar-refractivity contribution < 1.29 is 38.9 Å². The van der Waals surface area contributed by atoms with Crippen molar-refractivity contribution >= 4 is 46.8 Å². The molecule has 0 unspecified atom stereocenters. The van der Waals surface area contributed by atoms with Crippen LogP contribution in [-0.4, -0.2) is 38.9 Å². The Balaban J connectivity index is 3.14. The maximum absolute atomic E-state index is 11.5. The minimum absolute atomic E-state index is 0.160. The number of nitrogens with two attached hydrogens (primary N) is 1. The van der Waals surface area contributed by atoms with Crippen LogP contribution < -0.4 is 5.73 Å². The van der Waals surface area contributed by atoms with Gasteiger partial charge in [-0.2, -0.15) is 25.3 Å². The quantitative estimate of drug-likeness (QED) is 0.419. The molecular weight excluding hydrogens is 374 g/mol. The van der Waals surface area contributed by atoms with Crippen LogP contribution in [0.5, 0.6) is 0 Å². The zero-order valence-electron chi connectivity index (χ0n) is 10.9. The summed E-state index contributed by atoms with van der Waals surface area (Å²) in [5.74, 6) is 0. The van der Waals surface area contributed by atoms with E-state index < -0.39 is 56.1 Å². The fourth-order valence-corrected chi connectivity index (χ4v) is 4.06. The number of anilines is 1. The largest absolute Gasteiger partial charge is 0.396 e. The highest BCUT2D eigenvalue weighted by molar-refractivity contribution is 7.87. The minimum atomic E-state index is -5.08. The maximum Gasteiger partial charge on any atom is 0.297 e. The molecule has 0 heterocycles. The fraction of sp³-hybridized carbons (Fsp3) is 0. The van der Waals surface area contributed by atoms with Crippen molar-refractivity contribution in [3.05, 3.63) is 24.3 Å². The van der Waals surface area contributed by atoms with Crippen molar-refractivity contribution in [1.29, 1.82) is 0 Å². The van der Waals surface area contributed by atoms with Crippen molar-refractivity contribution in [1.82, 2.24) is 0 Å². The van der Waals surface area contributed by atoms with Crippen LogP contribution >= 0.6 is 0 Å². The van der Waals surface area contributed by atoms with Crippen LogP contribution in [0.2, 0.25) is 0 Å². The van der Waals surface area contributed by atoms with Crippen LogP contribution in [0.25, 0.3) is 10.8 Å². The van der Waals surface area contributed by atoms with E-state index in [2.05, 4.69) is 0 Å². The van der Waals surface area contributed by atoms with Gasteiger partial charge in [0.2, 0.25) is 0 Å². The molecule has 0 bridgehead atoms. The van der Waals surface area contributed by atoms with Crippen molar-refractivity contribution in [2.75, 3.05) is 5.73 Å². The zero-order chi connectivity index (χ0) is 17.8. The highest BCUT2D eigenvalue weighted by Gasteiger charge is 2.27. The molecule has 10 nitrogen and oxygen atoms in total. The Morgan fingerprint density at radius 3 is 1.78 bits per heavy atom. The maximum atomic E-state index is 11.5. The van der Waals surface area contributed by atoms with Crippen LogP contribution in [-0.2, 0) is 30.4 Å². The van der Waals surface area contributed by atoms with Crippen LogP contribution in [0.1, 0.15) is 0 Å². The van der Waals surface area contributed by atoms with E-state index in [1.54, 1.807) is 0 Å². The summed E-state index contributed by atoms with van der Waals surface area (Å²) in [4.78, 5) is -2.78. The number of nitrogen functional groups attached to an aromatic ring is 1. The first-order chi connectivity index (χ1) is 10.2. The molecule has 0 aromatic heterocycles. The number of fused-ring (bicyclic) bond motifs is 1. The minimum Gasteiger partial charge on any atom is -0.396 e. The molecule has 0 saturated heterocycles. The van der Waals surface area contributed by atoms with Crippen LogP contribution in [0, 0.1) is 0 Å². The molecule has 0 radical (unpaired) electrons. The summed E-state index contributed by atoms with van der Waals surface area (Å²) in [5.41, 5.74) is 4.40. The standard InChI is InChI=1S/C10H9NO9S3/c11-9-8(22(15,16)17)3-5-1-2-6(21(12,13)14)4-7(5)10(9)23(18,19)20/h1-4H,11H2,(H,12,13,14)(H,15,16,17)(H,18,19,20). The van der Waals surface area contributed by atoms with Crippen molar-refractivity contribution in [3.8, 4) is 0 Å². The summed E-state index contributed by atoms with van der Waals surface area (Å²) in [6.45, 7) is 0. The molecule has 126 valence electrons.